The minimum atomic E-state index is -0.242. The quantitative estimate of drug-likeness (QED) is 0.595. The number of aromatic nitrogens is 1. The Morgan fingerprint density at radius 2 is 2.08 bits per heavy atom. The second-order valence-electron chi connectivity index (χ2n) is 2.63. The van der Waals surface area contributed by atoms with Gasteiger partial charge in [0.2, 0.25) is 0 Å². The average molecular weight is 169 g/mol. The molecular weight excluding hydrogens is 164 g/mol. The molecular formula is C10H5N2O-. The fourth-order valence-corrected chi connectivity index (χ4v) is 1.20. The third-order valence-electron chi connectivity index (χ3n) is 1.85. The van der Waals surface area contributed by atoms with E-state index in [1.807, 2.05) is 6.07 Å². The van der Waals surface area contributed by atoms with Gasteiger partial charge in [-0.1, -0.05) is 23.9 Å². The number of para-hydroxylation sites is 1. The van der Waals surface area contributed by atoms with Crippen molar-refractivity contribution in [2.45, 2.75) is 0 Å². The number of pyridine rings is 1. The number of rotatable bonds is 0. The second kappa shape index (κ2) is 2.76. The third-order valence-corrected chi connectivity index (χ3v) is 1.85. The van der Waals surface area contributed by atoms with Crippen molar-refractivity contribution >= 4 is 10.9 Å². The Balaban J connectivity index is 2.89. The maximum absolute atomic E-state index is 11.5. The SMILES string of the molecule is N#Cc1cnc2ccccc2c1[O-]. The van der Waals surface area contributed by atoms with E-state index in [2.05, 4.69) is 4.98 Å². The molecule has 0 saturated heterocycles. The molecule has 0 radical (unpaired) electrons. The minimum Gasteiger partial charge on any atom is -0.871 e. The fraction of sp³-hybridized carbons (Fsp3) is 0. The van der Waals surface area contributed by atoms with Gasteiger partial charge >= 0.3 is 0 Å². The minimum absolute atomic E-state index is 0.0960. The second-order valence-corrected chi connectivity index (χ2v) is 2.63. The van der Waals surface area contributed by atoms with Crippen LogP contribution in [0, 0.1) is 11.3 Å². The molecule has 0 spiro atoms. The summed E-state index contributed by atoms with van der Waals surface area (Å²) in [6.45, 7) is 0. The molecule has 13 heavy (non-hydrogen) atoms. The number of fused-ring (bicyclic) bond motifs is 1. The van der Waals surface area contributed by atoms with Crippen LogP contribution in [0.15, 0.2) is 30.5 Å². The Kier molecular flexibility index (Phi) is 1.60. The zero-order chi connectivity index (χ0) is 9.26. The van der Waals surface area contributed by atoms with Gasteiger partial charge in [-0.2, -0.15) is 5.26 Å². The molecule has 3 nitrogen and oxygen atoms in total. The van der Waals surface area contributed by atoms with Gasteiger partial charge in [0.15, 0.2) is 0 Å². The third kappa shape index (κ3) is 1.09. The van der Waals surface area contributed by atoms with Gasteiger partial charge < -0.3 is 5.11 Å². The molecule has 0 atom stereocenters. The van der Waals surface area contributed by atoms with Gasteiger partial charge in [0.25, 0.3) is 0 Å². The van der Waals surface area contributed by atoms with E-state index in [1.54, 1.807) is 24.3 Å². The van der Waals surface area contributed by atoms with Gasteiger partial charge in [0.05, 0.1) is 11.1 Å². The maximum Gasteiger partial charge on any atom is 0.100 e. The standard InChI is InChI=1S/C10H6N2O/c11-5-7-6-12-9-4-2-1-3-8(9)10(7)13/h1-4,6H,(H,12,13)/p-1. The van der Waals surface area contributed by atoms with Gasteiger partial charge in [-0.3, -0.25) is 4.98 Å². The van der Waals surface area contributed by atoms with Crippen LogP contribution in [0.5, 0.6) is 5.75 Å². The summed E-state index contributed by atoms with van der Waals surface area (Å²) in [6, 6.07) is 8.80. The van der Waals surface area contributed by atoms with E-state index in [-0.39, 0.29) is 11.3 Å². The van der Waals surface area contributed by atoms with Crippen molar-refractivity contribution in [1.29, 1.82) is 5.26 Å². The lowest BCUT2D eigenvalue weighted by Gasteiger charge is -2.10. The highest BCUT2D eigenvalue weighted by molar-refractivity contribution is 5.86. The highest BCUT2D eigenvalue weighted by Crippen LogP contribution is 2.22. The molecule has 1 aromatic carbocycles. The van der Waals surface area contributed by atoms with Crippen molar-refractivity contribution in [2.75, 3.05) is 0 Å². The van der Waals surface area contributed by atoms with Gasteiger partial charge in [-0.25, -0.2) is 0 Å². The molecule has 1 heterocycles. The van der Waals surface area contributed by atoms with Crippen molar-refractivity contribution in [1.82, 2.24) is 4.98 Å². The zero-order valence-electron chi connectivity index (χ0n) is 6.69. The molecule has 62 valence electrons. The first-order chi connectivity index (χ1) is 6.33. The maximum atomic E-state index is 11.5. The zero-order valence-corrected chi connectivity index (χ0v) is 6.69. The highest BCUT2D eigenvalue weighted by Gasteiger charge is 1.98. The molecule has 0 bridgehead atoms. The molecule has 0 fully saturated rings. The summed E-state index contributed by atoms with van der Waals surface area (Å²) >= 11 is 0. The van der Waals surface area contributed by atoms with Gasteiger partial charge in [-0.05, 0) is 11.5 Å². The lowest BCUT2D eigenvalue weighted by atomic mass is 10.1. The van der Waals surface area contributed by atoms with Crippen molar-refractivity contribution < 1.29 is 5.11 Å². The topological polar surface area (TPSA) is 59.7 Å². The Morgan fingerprint density at radius 1 is 1.31 bits per heavy atom. The van der Waals surface area contributed by atoms with Crippen LogP contribution in [0.2, 0.25) is 0 Å². The van der Waals surface area contributed by atoms with Crippen LogP contribution in [0.25, 0.3) is 10.9 Å². The molecule has 1 aromatic heterocycles. The predicted octanol–water partition coefficient (Wildman–Crippen LogP) is 1.18. The molecule has 0 N–H and O–H groups in total. The number of nitriles is 1. The van der Waals surface area contributed by atoms with Gasteiger partial charge in [0.1, 0.15) is 6.07 Å². The lowest BCUT2D eigenvalue weighted by molar-refractivity contribution is -0.266. The average Bonchev–Trinajstić information content (AvgIpc) is 2.19. The summed E-state index contributed by atoms with van der Waals surface area (Å²) in [7, 11) is 0. The number of hydrogen-bond acceptors (Lipinski definition) is 3. The van der Waals surface area contributed by atoms with Crippen molar-refractivity contribution in [3.05, 3.63) is 36.0 Å². The predicted molar refractivity (Wildman–Crippen MR) is 45.9 cm³/mol. The van der Waals surface area contributed by atoms with Crippen molar-refractivity contribution in [2.24, 2.45) is 0 Å². The molecule has 0 saturated carbocycles. The van der Waals surface area contributed by atoms with E-state index in [4.69, 9.17) is 5.26 Å². The highest BCUT2D eigenvalue weighted by atomic mass is 16.3. The van der Waals surface area contributed by atoms with E-state index in [1.165, 1.54) is 6.20 Å². The van der Waals surface area contributed by atoms with Crippen LogP contribution in [0.3, 0.4) is 0 Å². The number of benzene rings is 1. The van der Waals surface area contributed by atoms with Crippen LogP contribution in [0.1, 0.15) is 5.56 Å². The Morgan fingerprint density at radius 3 is 2.85 bits per heavy atom. The molecule has 2 aromatic rings. The molecule has 3 heteroatoms. The number of nitrogens with zero attached hydrogens (tertiary/aromatic N) is 2. The fourth-order valence-electron chi connectivity index (χ4n) is 1.20. The van der Waals surface area contributed by atoms with Crippen LogP contribution in [0.4, 0.5) is 0 Å². The molecule has 0 amide bonds. The Hall–Kier alpha value is -2.08. The molecule has 2 rings (SSSR count). The first kappa shape index (κ1) is 7.56. The summed E-state index contributed by atoms with van der Waals surface area (Å²) in [6.07, 6.45) is 1.31. The van der Waals surface area contributed by atoms with Crippen LogP contribution in [-0.4, -0.2) is 4.98 Å². The molecule has 0 unspecified atom stereocenters. The molecule has 0 aliphatic heterocycles. The summed E-state index contributed by atoms with van der Waals surface area (Å²) < 4.78 is 0. The number of hydrogen-bond donors (Lipinski definition) is 0. The molecule has 0 aliphatic rings. The largest absolute Gasteiger partial charge is 0.871 e. The van der Waals surface area contributed by atoms with Crippen molar-refractivity contribution in [3.8, 4) is 11.8 Å². The van der Waals surface area contributed by atoms with Crippen LogP contribution >= 0.6 is 0 Å². The van der Waals surface area contributed by atoms with Crippen LogP contribution in [-0.2, 0) is 0 Å². The van der Waals surface area contributed by atoms with E-state index in [9.17, 15) is 5.11 Å². The summed E-state index contributed by atoms with van der Waals surface area (Å²) in [5.74, 6) is -0.242. The lowest BCUT2D eigenvalue weighted by Crippen LogP contribution is -1.96. The Bertz CT molecular complexity index is 500. The monoisotopic (exact) mass is 169 g/mol. The van der Waals surface area contributed by atoms with Crippen molar-refractivity contribution in [3.63, 3.8) is 0 Å². The van der Waals surface area contributed by atoms with Gasteiger partial charge in [-0.15, -0.1) is 0 Å². The summed E-state index contributed by atoms with van der Waals surface area (Å²) in [4.78, 5) is 3.99. The summed E-state index contributed by atoms with van der Waals surface area (Å²) in [5, 5.41) is 20.6. The van der Waals surface area contributed by atoms with E-state index in [0.29, 0.717) is 10.9 Å². The molecule has 0 aliphatic carbocycles. The van der Waals surface area contributed by atoms with E-state index >= 15 is 0 Å². The summed E-state index contributed by atoms with van der Waals surface area (Å²) in [5.41, 5.74) is 0.727. The van der Waals surface area contributed by atoms with Gasteiger partial charge in [0, 0.05) is 6.20 Å². The first-order valence-corrected chi connectivity index (χ1v) is 3.78. The first-order valence-electron chi connectivity index (χ1n) is 3.78. The van der Waals surface area contributed by atoms with E-state index in [0.717, 1.165) is 0 Å². The smallest absolute Gasteiger partial charge is 0.100 e. The van der Waals surface area contributed by atoms with Crippen LogP contribution < -0.4 is 5.11 Å². The normalized spacial score (nSPS) is 9.77. The Labute approximate surface area is 74.9 Å². The van der Waals surface area contributed by atoms with E-state index < -0.39 is 0 Å².